The second-order valence-electron chi connectivity index (χ2n) is 6.08. The molecule has 0 spiro atoms. The monoisotopic (exact) mass is 303 g/mol. The van der Waals surface area contributed by atoms with Crippen molar-refractivity contribution < 1.29 is 19.4 Å². The van der Waals surface area contributed by atoms with Crippen LogP contribution < -0.4 is 0 Å². The molecule has 22 heavy (non-hydrogen) atoms. The number of rotatable bonds is 3. The van der Waals surface area contributed by atoms with Crippen molar-refractivity contribution in [1.29, 1.82) is 0 Å². The van der Waals surface area contributed by atoms with Gasteiger partial charge in [-0.3, -0.25) is 4.79 Å². The van der Waals surface area contributed by atoms with Gasteiger partial charge in [0.1, 0.15) is 0 Å². The Morgan fingerprint density at radius 1 is 1.09 bits per heavy atom. The maximum Gasteiger partial charge on any atom is 0.335 e. The van der Waals surface area contributed by atoms with Crippen LogP contribution in [-0.2, 0) is 9.53 Å². The van der Waals surface area contributed by atoms with Gasteiger partial charge in [-0.25, -0.2) is 4.79 Å². The third-order valence-electron chi connectivity index (χ3n) is 4.70. The van der Waals surface area contributed by atoms with E-state index >= 15 is 0 Å². The van der Waals surface area contributed by atoms with Crippen molar-refractivity contribution in [3.05, 3.63) is 35.4 Å². The number of carboxylic acids is 1. The van der Waals surface area contributed by atoms with Gasteiger partial charge < -0.3 is 14.7 Å². The Labute approximate surface area is 129 Å². The SMILES string of the molecule is O=C(O)c1ccc(C2CCN(C(=O)C3CCOCC3)C2)cc1. The maximum atomic E-state index is 12.5. The van der Waals surface area contributed by atoms with Gasteiger partial charge in [0.05, 0.1) is 5.56 Å². The van der Waals surface area contributed by atoms with Crippen molar-refractivity contribution in [1.82, 2.24) is 4.90 Å². The molecule has 5 heteroatoms. The summed E-state index contributed by atoms with van der Waals surface area (Å²) in [6.45, 7) is 2.90. The minimum absolute atomic E-state index is 0.113. The number of likely N-dealkylation sites (tertiary alicyclic amines) is 1. The zero-order chi connectivity index (χ0) is 15.5. The average molecular weight is 303 g/mol. The number of carbonyl (C=O) groups excluding carboxylic acids is 1. The molecule has 0 aromatic heterocycles. The number of aromatic carboxylic acids is 1. The lowest BCUT2D eigenvalue weighted by atomic mass is 9.97. The lowest BCUT2D eigenvalue weighted by Crippen LogP contribution is -2.37. The van der Waals surface area contributed by atoms with Crippen molar-refractivity contribution in [2.24, 2.45) is 5.92 Å². The first-order valence-corrected chi connectivity index (χ1v) is 7.85. The Hall–Kier alpha value is -1.88. The van der Waals surface area contributed by atoms with Crippen molar-refractivity contribution in [3.8, 4) is 0 Å². The Morgan fingerprint density at radius 2 is 1.77 bits per heavy atom. The molecular weight excluding hydrogens is 282 g/mol. The highest BCUT2D eigenvalue weighted by Crippen LogP contribution is 2.29. The topological polar surface area (TPSA) is 66.8 Å². The summed E-state index contributed by atoms with van der Waals surface area (Å²) in [6, 6.07) is 7.02. The van der Waals surface area contributed by atoms with Gasteiger partial charge in [0.15, 0.2) is 0 Å². The summed E-state index contributed by atoms with van der Waals surface area (Å²) < 4.78 is 5.31. The molecule has 2 aliphatic rings. The zero-order valence-corrected chi connectivity index (χ0v) is 12.5. The molecule has 1 N–H and O–H groups in total. The number of amides is 1. The Kier molecular flexibility index (Phi) is 4.43. The molecule has 2 heterocycles. The van der Waals surface area contributed by atoms with Gasteiger partial charge in [0.2, 0.25) is 5.91 Å². The third-order valence-corrected chi connectivity index (χ3v) is 4.70. The van der Waals surface area contributed by atoms with E-state index in [0.717, 1.165) is 37.9 Å². The highest BCUT2D eigenvalue weighted by Gasteiger charge is 2.32. The minimum atomic E-state index is -0.908. The van der Waals surface area contributed by atoms with Crippen molar-refractivity contribution in [2.75, 3.05) is 26.3 Å². The van der Waals surface area contributed by atoms with Crippen LogP contribution in [0.25, 0.3) is 0 Å². The lowest BCUT2D eigenvalue weighted by molar-refractivity contribution is -0.137. The average Bonchev–Trinajstić information content (AvgIpc) is 3.05. The third kappa shape index (κ3) is 3.14. The fraction of sp³-hybridized carbons (Fsp3) is 0.529. The number of benzene rings is 1. The molecule has 1 amide bonds. The van der Waals surface area contributed by atoms with E-state index < -0.39 is 5.97 Å². The second-order valence-corrected chi connectivity index (χ2v) is 6.08. The van der Waals surface area contributed by atoms with Crippen LogP contribution in [0.4, 0.5) is 0 Å². The van der Waals surface area contributed by atoms with Crippen LogP contribution in [0.5, 0.6) is 0 Å². The van der Waals surface area contributed by atoms with Gasteiger partial charge in [-0.2, -0.15) is 0 Å². The van der Waals surface area contributed by atoms with E-state index in [1.165, 1.54) is 0 Å². The van der Waals surface area contributed by atoms with E-state index in [1.807, 2.05) is 17.0 Å². The van der Waals surface area contributed by atoms with E-state index in [2.05, 4.69) is 0 Å². The van der Waals surface area contributed by atoms with E-state index in [9.17, 15) is 9.59 Å². The molecule has 0 saturated carbocycles. The first kappa shape index (κ1) is 15.0. The van der Waals surface area contributed by atoms with Crippen LogP contribution in [0.15, 0.2) is 24.3 Å². The smallest absolute Gasteiger partial charge is 0.335 e. The first-order chi connectivity index (χ1) is 10.6. The van der Waals surface area contributed by atoms with E-state index in [0.29, 0.717) is 24.7 Å². The molecule has 0 radical (unpaired) electrons. The molecule has 118 valence electrons. The summed E-state index contributed by atoms with van der Waals surface area (Å²) in [4.78, 5) is 25.4. The van der Waals surface area contributed by atoms with Crippen LogP contribution in [0.1, 0.15) is 41.1 Å². The molecule has 3 rings (SSSR count). The van der Waals surface area contributed by atoms with Crippen molar-refractivity contribution in [3.63, 3.8) is 0 Å². The number of carboxylic acid groups (broad SMARTS) is 1. The Bertz CT molecular complexity index is 548. The largest absolute Gasteiger partial charge is 0.478 e. The number of hydrogen-bond donors (Lipinski definition) is 1. The normalized spacial score (nSPS) is 22.7. The minimum Gasteiger partial charge on any atom is -0.478 e. The standard InChI is InChI=1S/C17H21NO4/c19-16(13-6-9-22-10-7-13)18-8-5-15(11-18)12-1-3-14(4-2-12)17(20)21/h1-4,13,15H,5-11H2,(H,20,21). The highest BCUT2D eigenvalue weighted by atomic mass is 16.5. The van der Waals surface area contributed by atoms with Gasteiger partial charge in [-0.1, -0.05) is 12.1 Å². The Balaban J connectivity index is 1.61. The predicted octanol–water partition coefficient (Wildman–Crippen LogP) is 2.13. The molecule has 1 aromatic carbocycles. The van der Waals surface area contributed by atoms with E-state index in [1.54, 1.807) is 12.1 Å². The van der Waals surface area contributed by atoms with Crippen molar-refractivity contribution >= 4 is 11.9 Å². The first-order valence-electron chi connectivity index (χ1n) is 7.85. The van der Waals surface area contributed by atoms with Crippen LogP contribution in [0, 0.1) is 5.92 Å². The molecule has 1 unspecified atom stereocenters. The molecule has 2 saturated heterocycles. The number of ether oxygens (including phenoxy) is 1. The summed E-state index contributed by atoms with van der Waals surface area (Å²) in [7, 11) is 0. The number of hydrogen-bond acceptors (Lipinski definition) is 3. The molecule has 5 nitrogen and oxygen atoms in total. The summed E-state index contributed by atoms with van der Waals surface area (Å²) in [5.41, 5.74) is 1.42. The summed E-state index contributed by atoms with van der Waals surface area (Å²) in [5, 5.41) is 8.94. The predicted molar refractivity (Wildman–Crippen MR) is 80.9 cm³/mol. The quantitative estimate of drug-likeness (QED) is 0.929. The number of nitrogens with zero attached hydrogens (tertiary/aromatic N) is 1. The fourth-order valence-electron chi connectivity index (χ4n) is 3.33. The van der Waals surface area contributed by atoms with Crippen LogP contribution in [-0.4, -0.2) is 48.2 Å². The molecule has 0 bridgehead atoms. The van der Waals surface area contributed by atoms with E-state index in [4.69, 9.17) is 9.84 Å². The van der Waals surface area contributed by atoms with Gasteiger partial charge in [-0.05, 0) is 37.0 Å². The van der Waals surface area contributed by atoms with Gasteiger partial charge >= 0.3 is 5.97 Å². The zero-order valence-electron chi connectivity index (χ0n) is 12.5. The van der Waals surface area contributed by atoms with E-state index in [-0.39, 0.29) is 11.8 Å². The molecule has 2 fully saturated rings. The summed E-state index contributed by atoms with van der Waals surface area (Å²) in [6.07, 6.45) is 2.60. The molecule has 1 atom stereocenters. The van der Waals surface area contributed by atoms with Crippen LogP contribution in [0.3, 0.4) is 0 Å². The van der Waals surface area contributed by atoms with Crippen molar-refractivity contribution in [2.45, 2.75) is 25.2 Å². The highest BCUT2D eigenvalue weighted by molar-refractivity contribution is 5.87. The van der Waals surface area contributed by atoms with Gasteiger partial charge in [0, 0.05) is 38.1 Å². The molecular formula is C17H21NO4. The Morgan fingerprint density at radius 3 is 2.41 bits per heavy atom. The molecule has 0 aliphatic carbocycles. The van der Waals surface area contributed by atoms with Gasteiger partial charge in [0.25, 0.3) is 0 Å². The maximum absolute atomic E-state index is 12.5. The lowest BCUT2D eigenvalue weighted by Gasteiger charge is -2.26. The fourth-order valence-corrected chi connectivity index (χ4v) is 3.33. The second kappa shape index (κ2) is 6.48. The van der Waals surface area contributed by atoms with Crippen LogP contribution >= 0.6 is 0 Å². The molecule has 2 aliphatic heterocycles. The molecule has 1 aromatic rings. The van der Waals surface area contributed by atoms with Gasteiger partial charge in [-0.15, -0.1) is 0 Å². The number of carbonyl (C=O) groups is 2. The summed E-state index contributed by atoms with van der Waals surface area (Å²) >= 11 is 0. The van der Waals surface area contributed by atoms with Crippen LogP contribution in [0.2, 0.25) is 0 Å². The summed E-state index contributed by atoms with van der Waals surface area (Å²) in [5.74, 6) is -0.226.